The number of aryl methyl sites for hydroxylation is 1. The number of benzene rings is 2. The Morgan fingerprint density at radius 2 is 1.96 bits per heavy atom. The maximum absolute atomic E-state index is 12.4. The Morgan fingerprint density at radius 3 is 2.70 bits per heavy atom. The zero-order valence-electron chi connectivity index (χ0n) is 14.6. The largest absolute Gasteiger partial charge is 0.436 e. The molecule has 0 radical (unpaired) electrons. The molecule has 0 unspecified atom stereocenters. The number of hydrogen-bond donors (Lipinski definition) is 1. The van der Waals surface area contributed by atoms with Crippen molar-refractivity contribution in [2.75, 3.05) is 5.32 Å². The van der Waals surface area contributed by atoms with Gasteiger partial charge in [-0.15, -0.1) is 0 Å². The Bertz CT molecular complexity index is 1120. The third kappa shape index (κ3) is 3.55. The van der Waals surface area contributed by atoms with Crippen molar-refractivity contribution >= 4 is 34.3 Å². The minimum atomic E-state index is -0.327. The molecule has 0 saturated carbocycles. The second kappa shape index (κ2) is 7.21. The van der Waals surface area contributed by atoms with Crippen molar-refractivity contribution in [2.24, 2.45) is 0 Å². The average Bonchev–Trinajstić information content (AvgIpc) is 3.11. The number of halogens is 1. The molecule has 6 heteroatoms. The first kappa shape index (κ1) is 17.2. The van der Waals surface area contributed by atoms with Crippen LogP contribution >= 0.6 is 11.6 Å². The van der Waals surface area contributed by atoms with Gasteiger partial charge in [-0.25, -0.2) is 9.97 Å². The van der Waals surface area contributed by atoms with Crippen LogP contribution in [0.5, 0.6) is 0 Å². The fourth-order valence-corrected chi connectivity index (χ4v) is 2.97. The SMILES string of the molecule is CCc1ccc(-c2nc3cc(NC(=O)c4cccnc4Cl)ccc3o2)cc1. The Hall–Kier alpha value is -3.18. The van der Waals surface area contributed by atoms with Gasteiger partial charge < -0.3 is 9.73 Å². The molecule has 1 amide bonds. The minimum Gasteiger partial charge on any atom is -0.436 e. The molecule has 0 saturated heterocycles. The summed E-state index contributed by atoms with van der Waals surface area (Å²) in [5.41, 5.74) is 4.41. The lowest BCUT2D eigenvalue weighted by Crippen LogP contribution is -2.12. The Morgan fingerprint density at radius 1 is 1.15 bits per heavy atom. The molecule has 27 heavy (non-hydrogen) atoms. The van der Waals surface area contributed by atoms with Crippen LogP contribution in [0.15, 0.2) is 65.2 Å². The summed E-state index contributed by atoms with van der Waals surface area (Å²) >= 11 is 5.97. The first-order chi connectivity index (χ1) is 13.1. The van der Waals surface area contributed by atoms with Gasteiger partial charge in [-0.2, -0.15) is 0 Å². The number of carbonyl (C=O) groups is 1. The highest BCUT2D eigenvalue weighted by molar-refractivity contribution is 6.33. The predicted octanol–water partition coefficient (Wildman–Crippen LogP) is 5.36. The first-order valence-corrected chi connectivity index (χ1v) is 8.93. The van der Waals surface area contributed by atoms with Crippen LogP contribution in [-0.2, 0) is 6.42 Å². The second-order valence-corrected chi connectivity index (χ2v) is 6.41. The summed E-state index contributed by atoms with van der Waals surface area (Å²) in [6.07, 6.45) is 2.52. The molecular formula is C21H16ClN3O2. The van der Waals surface area contributed by atoms with Gasteiger partial charge in [0, 0.05) is 17.4 Å². The van der Waals surface area contributed by atoms with E-state index < -0.39 is 0 Å². The Balaban J connectivity index is 1.60. The van der Waals surface area contributed by atoms with Crippen molar-refractivity contribution in [2.45, 2.75) is 13.3 Å². The number of nitrogens with one attached hydrogen (secondary N) is 1. The monoisotopic (exact) mass is 377 g/mol. The van der Waals surface area contributed by atoms with Crippen molar-refractivity contribution in [3.05, 3.63) is 77.1 Å². The number of nitrogens with zero attached hydrogens (tertiary/aromatic N) is 2. The van der Waals surface area contributed by atoms with Crippen LogP contribution in [0.1, 0.15) is 22.8 Å². The van der Waals surface area contributed by atoms with Gasteiger partial charge in [-0.3, -0.25) is 4.79 Å². The lowest BCUT2D eigenvalue weighted by atomic mass is 10.1. The van der Waals surface area contributed by atoms with Crippen molar-refractivity contribution in [1.29, 1.82) is 0 Å². The van der Waals surface area contributed by atoms with E-state index in [1.807, 2.05) is 12.1 Å². The lowest BCUT2D eigenvalue weighted by molar-refractivity contribution is 0.102. The molecule has 5 nitrogen and oxygen atoms in total. The Labute approximate surface area is 161 Å². The van der Waals surface area contributed by atoms with Gasteiger partial charge in [0.2, 0.25) is 5.89 Å². The number of rotatable bonds is 4. The maximum atomic E-state index is 12.4. The molecule has 0 atom stereocenters. The third-order valence-corrected chi connectivity index (χ3v) is 4.56. The first-order valence-electron chi connectivity index (χ1n) is 8.56. The smallest absolute Gasteiger partial charge is 0.258 e. The van der Waals surface area contributed by atoms with Crippen LogP contribution in [0, 0.1) is 0 Å². The van der Waals surface area contributed by atoms with E-state index >= 15 is 0 Å². The van der Waals surface area contributed by atoms with Crippen LogP contribution in [0.3, 0.4) is 0 Å². The number of oxazole rings is 1. The van der Waals surface area contributed by atoms with E-state index in [0.717, 1.165) is 12.0 Å². The van der Waals surface area contributed by atoms with Crippen LogP contribution in [0.2, 0.25) is 5.15 Å². The number of anilines is 1. The molecule has 2 aromatic carbocycles. The molecule has 1 N–H and O–H groups in total. The molecule has 2 aromatic heterocycles. The van der Waals surface area contributed by atoms with Gasteiger partial charge in [-0.1, -0.05) is 30.7 Å². The maximum Gasteiger partial charge on any atom is 0.258 e. The van der Waals surface area contributed by atoms with Crippen LogP contribution in [-0.4, -0.2) is 15.9 Å². The fourth-order valence-electron chi connectivity index (χ4n) is 2.77. The minimum absolute atomic E-state index is 0.162. The van der Waals surface area contributed by atoms with E-state index in [0.29, 0.717) is 28.2 Å². The fraction of sp³-hybridized carbons (Fsp3) is 0.0952. The summed E-state index contributed by atoms with van der Waals surface area (Å²) in [5, 5.41) is 2.97. The van der Waals surface area contributed by atoms with Gasteiger partial charge in [0.05, 0.1) is 5.56 Å². The molecular weight excluding hydrogens is 362 g/mol. The molecule has 0 spiro atoms. The van der Waals surface area contributed by atoms with Crippen molar-refractivity contribution in [3.63, 3.8) is 0 Å². The number of fused-ring (bicyclic) bond motifs is 1. The van der Waals surface area contributed by atoms with Gasteiger partial charge in [0.15, 0.2) is 5.58 Å². The highest BCUT2D eigenvalue weighted by atomic mass is 35.5. The normalized spacial score (nSPS) is 10.9. The summed E-state index contributed by atoms with van der Waals surface area (Å²) in [7, 11) is 0. The number of amides is 1. The van der Waals surface area contributed by atoms with Crippen molar-refractivity contribution < 1.29 is 9.21 Å². The summed E-state index contributed by atoms with van der Waals surface area (Å²) in [4.78, 5) is 20.8. The third-order valence-electron chi connectivity index (χ3n) is 4.26. The zero-order valence-corrected chi connectivity index (χ0v) is 15.3. The highest BCUT2D eigenvalue weighted by Crippen LogP contribution is 2.27. The standard InChI is InChI=1S/C21H16ClN3O2/c1-2-13-5-7-14(8-6-13)21-25-17-12-15(9-10-18(17)27-21)24-20(26)16-4-3-11-23-19(16)22/h3-12H,2H2,1H3,(H,24,26). The van der Waals surface area contributed by atoms with E-state index in [9.17, 15) is 4.79 Å². The molecule has 0 aliphatic rings. The van der Waals surface area contributed by atoms with E-state index in [1.54, 1.807) is 30.3 Å². The van der Waals surface area contributed by atoms with E-state index in [-0.39, 0.29) is 11.1 Å². The molecule has 4 rings (SSSR count). The number of carbonyl (C=O) groups excluding carboxylic acids is 1. The van der Waals surface area contributed by atoms with Gasteiger partial charge in [0.1, 0.15) is 10.7 Å². The summed E-state index contributed by atoms with van der Waals surface area (Å²) in [5.74, 6) is 0.220. The van der Waals surface area contributed by atoms with Crippen LogP contribution in [0.4, 0.5) is 5.69 Å². The molecule has 0 aliphatic heterocycles. The molecule has 4 aromatic rings. The molecule has 2 heterocycles. The van der Waals surface area contributed by atoms with E-state index in [2.05, 4.69) is 34.3 Å². The average molecular weight is 378 g/mol. The summed E-state index contributed by atoms with van der Waals surface area (Å²) in [6.45, 7) is 2.11. The molecule has 134 valence electrons. The Kier molecular flexibility index (Phi) is 4.60. The van der Waals surface area contributed by atoms with Crippen molar-refractivity contribution in [3.8, 4) is 11.5 Å². The van der Waals surface area contributed by atoms with E-state index in [1.165, 1.54) is 11.8 Å². The van der Waals surface area contributed by atoms with E-state index in [4.69, 9.17) is 16.0 Å². The highest BCUT2D eigenvalue weighted by Gasteiger charge is 2.13. The van der Waals surface area contributed by atoms with Gasteiger partial charge in [0.25, 0.3) is 5.91 Å². The number of aromatic nitrogens is 2. The van der Waals surface area contributed by atoms with Gasteiger partial charge >= 0.3 is 0 Å². The number of pyridine rings is 1. The topological polar surface area (TPSA) is 68.0 Å². The lowest BCUT2D eigenvalue weighted by Gasteiger charge is -2.05. The second-order valence-electron chi connectivity index (χ2n) is 6.05. The molecule has 0 bridgehead atoms. The van der Waals surface area contributed by atoms with Crippen LogP contribution in [0.25, 0.3) is 22.6 Å². The summed E-state index contributed by atoms with van der Waals surface area (Å²) < 4.78 is 5.84. The predicted molar refractivity (Wildman–Crippen MR) is 106 cm³/mol. The quantitative estimate of drug-likeness (QED) is 0.486. The molecule has 0 aliphatic carbocycles. The van der Waals surface area contributed by atoms with Crippen molar-refractivity contribution in [1.82, 2.24) is 9.97 Å². The zero-order chi connectivity index (χ0) is 18.8. The van der Waals surface area contributed by atoms with Crippen LogP contribution < -0.4 is 5.32 Å². The van der Waals surface area contributed by atoms with Gasteiger partial charge in [-0.05, 0) is 54.4 Å². The number of hydrogen-bond acceptors (Lipinski definition) is 4. The molecule has 0 fully saturated rings. The summed E-state index contributed by atoms with van der Waals surface area (Å²) in [6, 6.07) is 16.7.